The van der Waals surface area contributed by atoms with Gasteiger partial charge in [-0.3, -0.25) is 4.79 Å². The number of nitrogens with one attached hydrogen (secondary N) is 1. The second kappa shape index (κ2) is 15.1. The first-order chi connectivity index (χ1) is 19.5. The van der Waals surface area contributed by atoms with Crippen molar-refractivity contribution in [2.24, 2.45) is 5.41 Å². The first-order valence-corrected chi connectivity index (χ1v) is 14.0. The van der Waals surface area contributed by atoms with E-state index in [1.807, 2.05) is 13.8 Å². The molecule has 1 aliphatic heterocycles. The second-order valence-corrected chi connectivity index (χ2v) is 11.8. The van der Waals surface area contributed by atoms with Crippen molar-refractivity contribution in [1.82, 2.24) is 5.32 Å². The molecular formula is C30H47NO11. The van der Waals surface area contributed by atoms with Crippen LogP contribution in [0.15, 0.2) is 18.2 Å². The predicted octanol–water partition coefficient (Wildman–Crippen LogP) is 2.15. The van der Waals surface area contributed by atoms with E-state index < -0.39 is 65.9 Å². The Labute approximate surface area is 246 Å². The standard InChI is InChI=1S/C30H47NO11/c1-15(2)11-21(40-6)26(36)27(37)31-28(41-7)22-14-23(35)30(4,5)24(42-22)12-17(32)9-8-10-18-16(3)19(33)13-20(34)25(18)29(38)39/h13,17,21-24,26,28,32-36H,1,8-12,14H2,2-7H3,(H,31,37)(H,38,39)/t17-,21?,22+,23-,24-,26+,28+/m1/s1. The highest BCUT2D eigenvalue weighted by Crippen LogP contribution is 2.40. The van der Waals surface area contributed by atoms with Crippen LogP contribution in [-0.2, 0) is 25.4 Å². The second-order valence-electron chi connectivity index (χ2n) is 11.8. The van der Waals surface area contributed by atoms with Gasteiger partial charge in [-0.05, 0) is 50.7 Å². The third-order valence-corrected chi connectivity index (χ3v) is 8.16. The summed E-state index contributed by atoms with van der Waals surface area (Å²) in [5, 5.41) is 64.6. The van der Waals surface area contributed by atoms with Crippen LogP contribution < -0.4 is 5.32 Å². The number of amides is 1. The predicted molar refractivity (Wildman–Crippen MR) is 153 cm³/mol. The third kappa shape index (κ3) is 8.65. The summed E-state index contributed by atoms with van der Waals surface area (Å²) in [7, 11) is 2.75. The van der Waals surface area contributed by atoms with E-state index in [1.165, 1.54) is 14.2 Å². The minimum Gasteiger partial charge on any atom is -0.508 e. The first kappa shape index (κ1) is 35.5. The number of aliphatic hydroxyl groups excluding tert-OH is 3. The van der Waals surface area contributed by atoms with Crippen molar-refractivity contribution in [3.8, 4) is 11.5 Å². The number of carboxylic acid groups (broad SMARTS) is 1. The number of aromatic hydroxyl groups is 2. The Bertz CT molecular complexity index is 1110. The zero-order valence-electron chi connectivity index (χ0n) is 25.3. The normalized spacial score (nSPS) is 23.0. The van der Waals surface area contributed by atoms with Crippen LogP contribution in [0.1, 0.15) is 74.4 Å². The van der Waals surface area contributed by atoms with E-state index in [0.717, 1.165) is 11.6 Å². The summed E-state index contributed by atoms with van der Waals surface area (Å²) in [6.45, 7) is 10.7. The maximum atomic E-state index is 12.8. The number of phenols is 2. The molecule has 7 N–H and O–H groups in total. The molecule has 7 atom stereocenters. The van der Waals surface area contributed by atoms with Crippen molar-refractivity contribution < 1.29 is 54.4 Å². The lowest BCUT2D eigenvalue weighted by atomic mass is 9.74. The summed E-state index contributed by atoms with van der Waals surface area (Å²) in [6.07, 6.45) is -5.14. The minimum absolute atomic E-state index is 0.131. The van der Waals surface area contributed by atoms with Gasteiger partial charge < -0.3 is 50.2 Å². The molecule has 0 bridgehead atoms. The Hall–Kier alpha value is -2.74. The van der Waals surface area contributed by atoms with E-state index in [-0.39, 0.29) is 49.0 Å². The topological polar surface area (TPSA) is 195 Å². The SMILES string of the molecule is C=C(C)CC(OC)[C@H](O)C(=O)N[C@@H](OC)[C@@H]1C[C@@H](O)C(C)(C)[C@@H](C[C@H](O)CCCc2c(C)c(O)cc(O)c2C(=O)O)O1. The number of methoxy groups -OCH3 is 2. The molecule has 0 saturated carbocycles. The molecule has 12 heteroatoms. The molecule has 1 aliphatic rings. The van der Waals surface area contributed by atoms with E-state index >= 15 is 0 Å². The summed E-state index contributed by atoms with van der Waals surface area (Å²) in [6, 6.07) is 0.996. The Morgan fingerprint density at radius 3 is 2.38 bits per heavy atom. The first-order valence-electron chi connectivity index (χ1n) is 14.0. The average Bonchev–Trinajstić information content (AvgIpc) is 2.90. The largest absolute Gasteiger partial charge is 0.508 e. The van der Waals surface area contributed by atoms with Crippen LogP contribution >= 0.6 is 0 Å². The highest BCUT2D eigenvalue weighted by molar-refractivity contribution is 5.93. The van der Waals surface area contributed by atoms with Crippen LogP contribution in [0, 0.1) is 12.3 Å². The molecule has 12 nitrogen and oxygen atoms in total. The van der Waals surface area contributed by atoms with Crippen LogP contribution in [0.25, 0.3) is 0 Å². The number of aliphatic hydroxyl groups is 3. The Morgan fingerprint density at radius 2 is 1.83 bits per heavy atom. The van der Waals surface area contributed by atoms with Gasteiger partial charge in [0.05, 0.1) is 24.4 Å². The van der Waals surface area contributed by atoms with Gasteiger partial charge in [0, 0.05) is 38.5 Å². The number of hydrogen-bond donors (Lipinski definition) is 7. The van der Waals surface area contributed by atoms with E-state index in [2.05, 4.69) is 11.9 Å². The molecule has 0 radical (unpaired) electrons. The molecule has 1 fully saturated rings. The minimum atomic E-state index is -1.49. The number of rotatable bonds is 15. The van der Waals surface area contributed by atoms with Gasteiger partial charge in [0.2, 0.25) is 0 Å². The molecular weight excluding hydrogens is 550 g/mol. The van der Waals surface area contributed by atoms with E-state index in [4.69, 9.17) is 14.2 Å². The fourth-order valence-corrected chi connectivity index (χ4v) is 5.34. The Morgan fingerprint density at radius 1 is 1.19 bits per heavy atom. The molecule has 2 rings (SSSR count). The fourth-order valence-electron chi connectivity index (χ4n) is 5.34. The number of aromatic carboxylic acids is 1. The van der Waals surface area contributed by atoms with Crippen molar-refractivity contribution in [2.75, 3.05) is 14.2 Å². The summed E-state index contributed by atoms with van der Waals surface area (Å²) in [4.78, 5) is 24.5. The number of carbonyl (C=O) groups is 2. The lowest BCUT2D eigenvalue weighted by Crippen LogP contribution is -2.59. The summed E-state index contributed by atoms with van der Waals surface area (Å²) < 4.78 is 17.0. The van der Waals surface area contributed by atoms with Crippen molar-refractivity contribution in [3.05, 3.63) is 34.9 Å². The summed E-state index contributed by atoms with van der Waals surface area (Å²) in [5.41, 5.74) is 0.327. The van der Waals surface area contributed by atoms with Crippen LogP contribution in [0.5, 0.6) is 11.5 Å². The summed E-state index contributed by atoms with van der Waals surface area (Å²) >= 11 is 0. The van der Waals surface area contributed by atoms with Crippen molar-refractivity contribution in [1.29, 1.82) is 0 Å². The van der Waals surface area contributed by atoms with Gasteiger partial charge in [-0.1, -0.05) is 19.4 Å². The molecule has 1 heterocycles. The van der Waals surface area contributed by atoms with Crippen molar-refractivity contribution in [3.63, 3.8) is 0 Å². The molecule has 0 aliphatic carbocycles. The molecule has 1 amide bonds. The molecule has 238 valence electrons. The maximum Gasteiger partial charge on any atom is 0.339 e. The van der Waals surface area contributed by atoms with Gasteiger partial charge in [-0.15, -0.1) is 6.58 Å². The van der Waals surface area contributed by atoms with E-state index in [1.54, 1.807) is 13.8 Å². The molecule has 0 spiro atoms. The number of ether oxygens (including phenoxy) is 3. The van der Waals surface area contributed by atoms with Crippen LogP contribution in [0.4, 0.5) is 0 Å². The van der Waals surface area contributed by atoms with Crippen molar-refractivity contribution >= 4 is 11.9 Å². The van der Waals surface area contributed by atoms with Crippen LogP contribution in [0.2, 0.25) is 0 Å². The summed E-state index contributed by atoms with van der Waals surface area (Å²) in [5.74, 6) is -2.79. The van der Waals surface area contributed by atoms with Crippen molar-refractivity contribution in [2.45, 2.75) is 109 Å². The average molecular weight is 598 g/mol. The quantitative estimate of drug-likeness (QED) is 0.116. The number of benzene rings is 1. The van der Waals surface area contributed by atoms with E-state index in [9.17, 15) is 40.2 Å². The van der Waals surface area contributed by atoms with Crippen LogP contribution in [0.3, 0.4) is 0 Å². The fraction of sp³-hybridized carbons (Fsp3) is 0.667. The highest BCUT2D eigenvalue weighted by atomic mass is 16.6. The van der Waals surface area contributed by atoms with E-state index in [0.29, 0.717) is 12.0 Å². The molecule has 1 saturated heterocycles. The zero-order chi connectivity index (χ0) is 31.9. The smallest absolute Gasteiger partial charge is 0.339 e. The molecule has 0 aromatic heterocycles. The number of carbonyl (C=O) groups excluding carboxylic acids is 1. The lowest BCUT2D eigenvalue weighted by molar-refractivity contribution is -0.215. The molecule has 1 aromatic carbocycles. The van der Waals surface area contributed by atoms with Gasteiger partial charge in [0.15, 0.2) is 12.3 Å². The third-order valence-electron chi connectivity index (χ3n) is 8.16. The number of carboxylic acids is 1. The lowest BCUT2D eigenvalue weighted by Gasteiger charge is -2.47. The number of phenolic OH excluding ortho intramolecular Hbond substituents is 1. The Kier molecular flexibility index (Phi) is 12.8. The van der Waals surface area contributed by atoms with Gasteiger partial charge in [-0.25, -0.2) is 4.79 Å². The van der Waals surface area contributed by atoms with Gasteiger partial charge in [0.25, 0.3) is 5.91 Å². The number of hydrogen-bond acceptors (Lipinski definition) is 10. The van der Waals surface area contributed by atoms with Gasteiger partial charge in [0.1, 0.15) is 23.2 Å². The van der Waals surface area contributed by atoms with Gasteiger partial charge in [-0.2, -0.15) is 0 Å². The zero-order valence-corrected chi connectivity index (χ0v) is 25.3. The highest BCUT2D eigenvalue weighted by Gasteiger charge is 2.47. The molecule has 1 unspecified atom stereocenters. The van der Waals surface area contributed by atoms with Gasteiger partial charge >= 0.3 is 5.97 Å². The van der Waals surface area contributed by atoms with Crippen LogP contribution in [-0.4, -0.2) is 99.6 Å². The Balaban J connectivity index is 2.08. The monoisotopic (exact) mass is 597 g/mol. The molecule has 1 aromatic rings. The molecule has 42 heavy (non-hydrogen) atoms. The maximum absolute atomic E-state index is 12.8.